The molecule has 1 aromatic carbocycles. The molecule has 0 saturated carbocycles. The molecule has 0 radical (unpaired) electrons. The van der Waals surface area contributed by atoms with Gasteiger partial charge in [-0.1, -0.05) is 0 Å². The first-order chi connectivity index (χ1) is 7.88. The maximum Gasteiger partial charge on any atom is 0.416 e. The summed E-state index contributed by atoms with van der Waals surface area (Å²) >= 11 is 0. The number of cyclic esters (lactones) is 1. The highest BCUT2D eigenvalue weighted by molar-refractivity contribution is 5.70. The van der Waals surface area contributed by atoms with E-state index in [4.69, 9.17) is 0 Å². The fourth-order valence-corrected chi connectivity index (χ4v) is 1.54. The van der Waals surface area contributed by atoms with Gasteiger partial charge in [-0.15, -0.1) is 0 Å². The third kappa shape index (κ3) is 2.32. The highest BCUT2D eigenvalue weighted by Crippen LogP contribution is 2.32. The zero-order chi connectivity index (χ0) is 12.6. The number of halogens is 4. The molecule has 0 bridgehead atoms. The zero-order valence-electron chi connectivity index (χ0n) is 8.34. The summed E-state index contributed by atoms with van der Waals surface area (Å²) in [5, 5.41) is 2.22. The lowest BCUT2D eigenvalue weighted by molar-refractivity contribution is -0.137. The molecule has 1 fully saturated rings. The van der Waals surface area contributed by atoms with Gasteiger partial charge in [0.05, 0.1) is 11.6 Å². The Balaban J connectivity index is 2.36. The van der Waals surface area contributed by atoms with Gasteiger partial charge in [0.25, 0.3) is 0 Å². The van der Waals surface area contributed by atoms with Crippen LogP contribution in [-0.4, -0.2) is 12.7 Å². The molecular weight excluding hydrogens is 242 g/mol. The summed E-state index contributed by atoms with van der Waals surface area (Å²) in [6.45, 7) is -0.183. The van der Waals surface area contributed by atoms with Crippen molar-refractivity contribution in [1.29, 1.82) is 0 Å². The predicted molar refractivity (Wildman–Crippen MR) is 48.6 cm³/mol. The lowest BCUT2D eigenvalue weighted by atomic mass is 10.0. The topological polar surface area (TPSA) is 38.3 Å². The van der Waals surface area contributed by atoms with Crippen LogP contribution in [0.4, 0.5) is 22.4 Å². The van der Waals surface area contributed by atoms with E-state index < -0.39 is 29.7 Å². The van der Waals surface area contributed by atoms with Gasteiger partial charge in [-0.25, -0.2) is 9.18 Å². The number of alkyl halides is 3. The number of benzene rings is 1. The number of carbonyl (C=O) groups is 1. The van der Waals surface area contributed by atoms with Crippen LogP contribution in [0.15, 0.2) is 18.2 Å². The molecule has 92 valence electrons. The molecule has 1 unspecified atom stereocenters. The summed E-state index contributed by atoms with van der Waals surface area (Å²) in [5.74, 6) is -0.811. The van der Waals surface area contributed by atoms with Crippen molar-refractivity contribution in [3.8, 4) is 0 Å². The normalized spacial score (nSPS) is 20.0. The zero-order valence-corrected chi connectivity index (χ0v) is 8.34. The van der Waals surface area contributed by atoms with Crippen LogP contribution < -0.4 is 5.32 Å². The van der Waals surface area contributed by atoms with Crippen molar-refractivity contribution in [2.45, 2.75) is 12.2 Å². The molecule has 1 N–H and O–H groups in total. The molecule has 7 heteroatoms. The van der Waals surface area contributed by atoms with Crippen molar-refractivity contribution in [3.05, 3.63) is 35.1 Å². The van der Waals surface area contributed by atoms with E-state index in [-0.39, 0.29) is 12.2 Å². The lowest BCUT2D eigenvalue weighted by Gasteiger charge is -2.12. The number of nitrogens with one attached hydrogen (secondary N) is 1. The molecule has 17 heavy (non-hydrogen) atoms. The molecule has 1 amide bonds. The lowest BCUT2D eigenvalue weighted by Crippen LogP contribution is -2.20. The summed E-state index contributed by atoms with van der Waals surface area (Å²) in [4.78, 5) is 10.7. The summed E-state index contributed by atoms with van der Waals surface area (Å²) < 4.78 is 55.1. The molecule has 1 saturated heterocycles. The van der Waals surface area contributed by atoms with E-state index in [0.29, 0.717) is 12.1 Å². The Hall–Kier alpha value is -1.79. The van der Waals surface area contributed by atoms with Crippen LogP contribution in [-0.2, 0) is 10.9 Å². The Bertz CT molecular complexity index is 458. The van der Waals surface area contributed by atoms with Gasteiger partial charge in [0.2, 0.25) is 0 Å². The molecule has 1 aromatic rings. The molecule has 1 aliphatic rings. The average molecular weight is 249 g/mol. The molecule has 0 spiro atoms. The molecule has 1 atom stereocenters. The van der Waals surface area contributed by atoms with E-state index >= 15 is 0 Å². The van der Waals surface area contributed by atoms with Gasteiger partial charge in [0, 0.05) is 5.56 Å². The van der Waals surface area contributed by atoms with E-state index in [1.807, 2.05) is 0 Å². The maximum atomic E-state index is 13.4. The van der Waals surface area contributed by atoms with Gasteiger partial charge in [-0.3, -0.25) is 0 Å². The van der Waals surface area contributed by atoms with Gasteiger partial charge < -0.3 is 10.1 Å². The summed E-state index contributed by atoms with van der Waals surface area (Å²) in [6.07, 6.45) is -5.32. The van der Waals surface area contributed by atoms with E-state index in [9.17, 15) is 22.4 Å². The van der Waals surface area contributed by atoms with Gasteiger partial charge in [-0.05, 0) is 18.2 Å². The highest BCUT2D eigenvalue weighted by atomic mass is 19.4. The van der Waals surface area contributed by atoms with Gasteiger partial charge >= 0.3 is 12.3 Å². The van der Waals surface area contributed by atoms with Crippen LogP contribution in [0.1, 0.15) is 17.2 Å². The first-order valence-electron chi connectivity index (χ1n) is 4.68. The second-order valence-corrected chi connectivity index (χ2v) is 3.53. The van der Waals surface area contributed by atoms with Crippen molar-refractivity contribution >= 4 is 6.09 Å². The van der Waals surface area contributed by atoms with E-state index in [2.05, 4.69) is 10.1 Å². The van der Waals surface area contributed by atoms with Gasteiger partial charge in [0.1, 0.15) is 12.4 Å². The number of alkyl carbamates (subject to hydrolysis) is 1. The van der Waals surface area contributed by atoms with Crippen LogP contribution in [0.5, 0.6) is 0 Å². The maximum absolute atomic E-state index is 13.4. The number of amides is 1. The second-order valence-electron chi connectivity index (χ2n) is 3.53. The predicted octanol–water partition coefficient (Wildman–Crippen LogP) is 2.63. The van der Waals surface area contributed by atoms with Crippen LogP contribution in [0.3, 0.4) is 0 Å². The van der Waals surface area contributed by atoms with E-state index in [0.717, 1.165) is 6.07 Å². The quantitative estimate of drug-likeness (QED) is 0.777. The minimum atomic E-state index is -4.55. The van der Waals surface area contributed by atoms with E-state index in [1.165, 1.54) is 0 Å². The van der Waals surface area contributed by atoms with E-state index in [1.54, 1.807) is 0 Å². The fraction of sp³-hybridized carbons (Fsp3) is 0.300. The summed E-state index contributed by atoms with van der Waals surface area (Å²) in [6, 6.07) is 1.17. The molecule has 3 nitrogen and oxygen atoms in total. The Morgan fingerprint density at radius 2 is 2.06 bits per heavy atom. The van der Waals surface area contributed by atoms with Crippen LogP contribution >= 0.6 is 0 Å². The molecule has 0 aliphatic carbocycles. The number of carbonyl (C=O) groups excluding carboxylic acids is 1. The first kappa shape index (κ1) is 11.7. The smallest absolute Gasteiger partial charge is 0.416 e. The SMILES string of the molecule is O=C1NC(c2cc(C(F)(F)F)ccc2F)CO1. The minimum Gasteiger partial charge on any atom is -0.447 e. The van der Waals surface area contributed by atoms with Crippen molar-refractivity contribution in [3.63, 3.8) is 0 Å². The van der Waals surface area contributed by atoms with Crippen LogP contribution in [0.25, 0.3) is 0 Å². The number of hydrogen-bond acceptors (Lipinski definition) is 2. The van der Waals surface area contributed by atoms with Crippen molar-refractivity contribution in [1.82, 2.24) is 5.32 Å². The largest absolute Gasteiger partial charge is 0.447 e. The summed E-state index contributed by atoms with van der Waals surface area (Å²) in [5.41, 5.74) is -1.19. The third-order valence-corrected chi connectivity index (χ3v) is 2.37. The molecule has 1 heterocycles. The standard InChI is InChI=1S/C10H7F4NO2/c11-7-2-1-5(10(12,13)14)3-6(7)8-4-17-9(16)15-8/h1-3,8H,4H2,(H,15,16). The monoisotopic (exact) mass is 249 g/mol. The Morgan fingerprint density at radius 3 is 2.59 bits per heavy atom. The second kappa shape index (κ2) is 3.90. The van der Waals surface area contributed by atoms with Crippen molar-refractivity contribution in [2.24, 2.45) is 0 Å². The Kier molecular flexibility index (Phi) is 2.68. The Labute approximate surface area is 93.4 Å². The Morgan fingerprint density at radius 1 is 1.35 bits per heavy atom. The van der Waals surface area contributed by atoms with Gasteiger partial charge in [0.15, 0.2) is 0 Å². The molecule has 0 aromatic heterocycles. The number of rotatable bonds is 1. The number of ether oxygens (including phenoxy) is 1. The molecule has 2 rings (SSSR count). The minimum absolute atomic E-state index is 0.183. The van der Waals surface area contributed by atoms with Crippen LogP contribution in [0.2, 0.25) is 0 Å². The van der Waals surface area contributed by atoms with Crippen molar-refractivity contribution < 1.29 is 27.1 Å². The molecule has 1 aliphatic heterocycles. The average Bonchev–Trinajstić information content (AvgIpc) is 2.63. The third-order valence-electron chi connectivity index (χ3n) is 2.37. The summed E-state index contributed by atoms with van der Waals surface area (Å²) in [7, 11) is 0. The fourth-order valence-electron chi connectivity index (χ4n) is 1.54. The first-order valence-corrected chi connectivity index (χ1v) is 4.68. The van der Waals surface area contributed by atoms with Crippen LogP contribution in [0, 0.1) is 5.82 Å². The molecular formula is C10H7F4NO2. The highest BCUT2D eigenvalue weighted by Gasteiger charge is 2.33. The number of hydrogen-bond donors (Lipinski definition) is 1. The van der Waals surface area contributed by atoms with Crippen molar-refractivity contribution in [2.75, 3.05) is 6.61 Å². The van der Waals surface area contributed by atoms with Gasteiger partial charge in [-0.2, -0.15) is 13.2 Å².